The summed E-state index contributed by atoms with van der Waals surface area (Å²) in [5.74, 6) is -0.565. The van der Waals surface area contributed by atoms with E-state index in [0.29, 0.717) is 28.6 Å². The van der Waals surface area contributed by atoms with E-state index >= 15 is 0 Å². The van der Waals surface area contributed by atoms with Gasteiger partial charge in [0.05, 0.1) is 12.7 Å². The van der Waals surface area contributed by atoms with Gasteiger partial charge in [-0.1, -0.05) is 0 Å². The van der Waals surface area contributed by atoms with E-state index in [0.717, 1.165) is 12.8 Å². The zero-order chi connectivity index (χ0) is 12.6. The van der Waals surface area contributed by atoms with Crippen LogP contribution >= 0.6 is 0 Å². The fourth-order valence-electron chi connectivity index (χ4n) is 1.87. The Kier molecular flexibility index (Phi) is 2.92. The van der Waals surface area contributed by atoms with E-state index in [9.17, 15) is 9.59 Å². The first-order chi connectivity index (χ1) is 8.04. The van der Waals surface area contributed by atoms with E-state index in [-0.39, 0.29) is 5.91 Å². The highest BCUT2D eigenvalue weighted by Gasteiger charge is 2.27. The number of carbonyl (C=O) groups is 2. The maximum Gasteiger partial charge on any atom is 0.339 e. The van der Waals surface area contributed by atoms with E-state index in [1.165, 1.54) is 7.11 Å². The Morgan fingerprint density at radius 1 is 1.35 bits per heavy atom. The first-order valence-corrected chi connectivity index (χ1v) is 5.63. The van der Waals surface area contributed by atoms with Gasteiger partial charge in [0.15, 0.2) is 0 Å². The molecule has 1 aromatic rings. The molecule has 1 fully saturated rings. The summed E-state index contributed by atoms with van der Waals surface area (Å²) in [6, 6.07) is 0.298. The van der Waals surface area contributed by atoms with E-state index in [1.54, 1.807) is 13.8 Å². The van der Waals surface area contributed by atoms with Gasteiger partial charge >= 0.3 is 5.97 Å². The number of aromatic nitrogens is 1. The van der Waals surface area contributed by atoms with E-state index in [2.05, 4.69) is 10.3 Å². The van der Waals surface area contributed by atoms with Crippen LogP contribution in [0, 0.1) is 13.8 Å². The Balaban J connectivity index is 2.28. The molecule has 5 nitrogen and oxygen atoms in total. The van der Waals surface area contributed by atoms with Crippen molar-refractivity contribution in [2.45, 2.75) is 32.7 Å². The third-order valence-electron chi connectivity index (χ3n) is 2.97. The predicted molar refractivity (Wildman–Crippen MR) is 62.1 cm³/mol. The van der Waals surface area contributed by atoms with Gasteiger partial charge < -0.3 is 15.0 Å². The lowest BCUT2D eigenvalue weighted by Gasteiger charge is -2.02. The van der Waals surface area contributed by atoms with E-state index < -0.39 is 5.97 Å². The minimum Gasteiger partial charge on any atom is -0.465 e. The minimum atomic E-state index is -0.415. The van der Waals surface area contributed by atoms with Gasteiger partial charge in [0.2, 0.25) is 0 Å². The lowest BCUT2D eigenvalue weighted by Crippen LogP contribution is -2.26. The number of carbonyl (C=O) groups excluding carboxylic acids is 2. The van der Waals surface area contributed by atoms with Crippen LogP contribution in [0.4, 0.5) is 0 Å². The summed E-state index contributed by atoms with van der Waals surface area (Å²) in [4.78, 5) is 26.4. The van der Waals surface area contributed by atoms with E-state index in [1.807, 2.05) is 0 Å². The average Bonchev–Trinajstić information content (AvgIpc) is 3.04. The fourth-order valence-corrected chi connectivity index (χ4v) is 1.87. The summed E-state index contributed by atoms with van der Waals surface area (Å²) in [6.45, 7) is 3.50. The van der Waals surface area contributed by atoms with Crippen LogP contribution < -0.4 is 5.32 Å². The Bertz CT molecular complexity index is 472. The molecule has 1 heterocycles. The molecule has 0 aromatic carbocycles. The van der Waals surface area contributed by atoms with Crippen molar-refractivity contribution in [1.82, 2.24) is 10.3 Å². The average molecular weight is 236 g/mol. The van der Waals surface area contributed by atoms with Gasteiger partial charge in [-0.15, -0.1) is 0 Å². The number of hydrogen-bond donors (Lipinski definition) is 2. The van der Waals surface area contributed by atoms with Crippen LogP contribution in [0.3, 0.4) is 0 Å². The molecule has 0 atom stereocenters. The van der Waals surface area contributed by atoms with Gasteiger partial charge in [-0.3, -0.25) is 4.79 Å². The molecule has 92 valence electrons. The van der Waals surface area contributed by atoms with Gasteiger partial charge in [-0.25, -0.2) is 4.79 Å². The quantitative estimate of drug-likeness (QED) is 0.777. The van der Waals surface area contributed by atoms with Crippen molar-refractivity contribution in [1.29, 1.82) is 0 Å². The Morgan fingerprint density at radius 2 is 2.00 bits per heavy atom. The third kappa shape index (κ3) is 2.18. The second kappa shape index (κ2) is 4.24. The number of aryl methyl sites for hydroxylation is 1. The van der Waals surface area contributed by atoms with Crippen LogP contribution in [-0.2, 0) is 4.74 Å². The Hall–Kier alpha value is -1.78. The summed E-state index contributed by atoms with van der Waals surface area (Å²) in [7, 11) is 1.33. The summed E-state index contributed by atoms with van der Waals surface area (Å²) >= 11 is 0. The molecule has 0 saturated heterocycles. The standard InChI is InChI=1S/C12H16N2O3/c1-6-9(12(16)17-3)7(2)13-10(6)11(15)14-8-4-5-8/h8,13H,4-5H2,1-3H3,(H,14,15). The number of rotatable bonds is 3. The summed E-state index contributed by atoms with van der Waals surface area (Å²) in [5, 5.41) is 2.89. The molecular weight excluding hydrogens is 220 g/mol. The summed E-state index contributed by atoms with van der Waals surface area (Å²) in [6.07, 6.45) is 2.07. The number of esters is 1. The molecule has 1 saturated carbocycles. The van der Waals surface area contributed by atoms with Crippen molar-refractivity contribution in [2.24, 2.45) is 0 Å². The molecule has 0 bridgehead atoms. The van der Waals surface area contributed by atoms with E-state index in [4.69, 9.17) is 4.74 Å². The van der Waals surface area contributed by atoms with Crippen LogP contribution in [0.2, 0.25) is 0 Å². The molecule has 2 N–H and O–H groups in total. The van der Waals surface area contributed by atoms with Crippen LogP contribution in [-0.4, -0.2) is 30.0 Å². The smallest absolute Gasteiger partial charge is 0.339 e. The van der Waals surface area contributed by atoms with Crippen molar-refractivity contribution < 1.29 is 14.3 Å². The lowest BCUT2D eigenvalue weighted by molar-refractivity contribution is 0.0599. The molecule has 1 aromatic heterocycles. The number of methoxy groups -OCH3 is 1. The van der Waals surface area contributed by atoms with Crippen molar-refractivity contribution in [3.63, 3.8) is 0 Å². The number of hydrogen-bond acceptors (Lipinski definition) is 3. The highest BCUT2D eigenvalue weighted by Crippen LogP contribution is 2.22. The second-order valence-corrected chi connectivity index (χ2v) is 4.36. The minimum absolute atomic E-state index is 0.150. The predicted octanol–water partition coefficient (Wildman–Crippen LogP) is 1.31. The molecule has 1 aliphatic carbocycles. The molecular formula is C12H16N2O3. The highest BCUT2D eigenvalue weighted by atomic mass is 16.5. The monoisotopic (exact) mass is 236 g/mol. The van der Waals surface area contributed by atoms with Crippen LogP contribution in [0.25, 0.3) is 0 Å². The first kappa shape index (κ1) is 11.7. The molecule has 1 amide bonds. The molecule has 0 radical (unpaired) electrons. The Labute approximate surface area is 99.5 Å². The SMILES string of the molecule is COC(=O)c1c(C)[nH]c(C(=O)NC2CC2)c1C. The topological polar surface area (TPSA) is 71.2 Å². The molecule has 0 unspecified atom stereocenters. The van der Waals surface area contributed by atoms with Crippen LogP contribution in [0.1, 0.15) is 44.9 Å². The first-order valence-electron chi connectivity index (χ1n) is 5.63. The zero-order valence-corrected chi connectivity index (χ0v) is 10.2. The number of nitrogens with one attached hydrogen (secondary N) is 2. The van der Waals surface area contributed by atoms with Gasteiger partial charge in [-0.2, -0.15) is 0 Å². The van der Waals surface area contributed by atoms with Crippen molar-refractivity contribution in [3.05, 3.63) is 22.5 Å². The molecule has 17 heavy (non-hydrogen) atoms. The van der Waals surface area contributed by atoms with Crippen molar-refractivity contribution >= 4 is 11.9 Å². The summed E-state index contributed by atoms with van der Waals surface area (Å²) < 4.78 is 4.69. The molecule has 5 heteroatoms. The van der Waals surface area contributed by atoms with Crippen LogP contribution in [0.15, 0.2) is 0 Å². The highest BCUT2D eigenvalue weighted by molar-refractivity contribution is 6.00. The maximum absolute atomic E-state index is 11.9. The molecule has 0 aliphatic heterocycles. The number of aromatic amines is 1. The number of H-pyrrole nitrogens is 1. The summed E-state index contributed by atoms with van der Waals surface area (Å²) in [5.41, 5.74) is 2.21. The van der Waals surface area contributed by atoms with Gasteiger partial charge in [-0.05, 0) is 32.3 Å². The molecule has 0 spiro atoms. The van der Waals surface area contributed by atoms with Gasteiger partial charge in [0, 0.05) is 11.7 Å². The van der Waals surface area contributed by atoms with Crippen molar-refractivity contribution in [3.8, 4) is 0 Å². The lowest BCUT2D eigenvalue weighted by atomic mass is 10.1. The second-order valence-electron chi connectivity index (χ2n) is 4.36. The number of amides is 1. The van der Waals surface area contributed by atoms with Gasteiger partial charge in [0.25, 0.3) is 5.91 Å². The van der Waals surface area contributed by atoms with Crippen molar-refractivity contribution in [2.75, 3.05) is 7.11 Å². The zero-order valence-electron chi connectivity index (χ0n) is 10.2. The van der Waals surface area contributed by atoms with Crippen LogP contribution in [0.5, 0.6) is 0 Å². The Morgan fingerprint density at radius 3 is 2.53 bits per heavy atom. The normalized spacial score (nSPS) is 14.5. The largest absolute Gasteiger partial charge is 0.465 e. The maximum atomic E-state index is 11.9. The molecule has 1 aliphatic rings. The molecule has 2 rings (SSSR count). The van der Waals surface area contributed by atoms with Gasteiger partial charge in [0.1, 0.15) is 5.69 Å². The third-order valence-corrected chi connectivity index (χ3v) is 2.97. The fraction of sp³-hybridized carbons (Fsp3) is 0.500. The number of ether oxygens (including phenoxy) is 1.